The second-order valence-corrected chi connectivity index (χ2v) is 7.63. The Bertz CT molecular complexity index is 788. The first-order valence-corrected chi connectivity index (χ1v) is 9.57. The third-order valence-electron chi connectivity index (χ3n) is 3.92. The van der Waals surface area contributed by atoms with Gasteiger partial charge in [0.1, 0.15) is 27.9 Å². The lowest BCUT2D eigenvalue weighted by molar-refractivity contribution is -0.138. The number of esters is 1. The number of carboxylic acid groups (broad SMARTS) is 1. The number of aliphatic carboxylic acids is 1. The Kier molecular flexibility index (Phi) is 6.90. The zero-order valence-corrected chi connectivity index (χ0v) is 16.4. The number of ether oxygens (including phenoxy) is 1. The quantitative estimate of drug-likeness (QED) is 0.638. The summed E-state index contributed by atoms with van der Waals surface area (Å²) in [6, 6.07) is -0.733. The van der Waals surface area contributed by atoms with Gasteiger partial charge in [0.2, 0.25) is 0 Å². The molecule has 8 heteroatoms. The van der Waals surface area contributed by atoms with Crippen molar-refractivity contribution < 1.29 is 19.4 Å². The Morgan fingerprint density at radius 2 is 2.08 bits per heavy atom. The number of carbonyl (C=O) groups is 2. The van der Waals surface area contributed by atoms with Crippen molar-refractivity contribution in [3.05, 3.63) is 16.8 Å². The zero-order valence-electron chi connectivity index (χ0n) is 15.5. The van der Waals surface area contributed by atoms with Crippen LogP contribution in [0.25, 0.3) is 10.2 Å². The first-order chi connectivity index (χ1) is 12.3. The molecule has 0 spiro atoms. The topological polar surface area (TPSA) is 101 Å². The number of anilines is 1. The average Bonchev–Trinajstić information content (AvgIpc) is 2.94. The van der Waals surface area contributed by atoms with Crippen molar-refractivity contribution in [2.24, 2.45) is 5.92 Å². The van der Waals surface area contributed by atoms with Crippen LogP contribution in [0.4, 0.5) is 5.82 Å². The van der Waals surface area contributed by atoms with Crippen LogP contribution in [0.5, 0.6) is 0 Å². The van der Waals surface area contributed by atoms with Crippen LogP contribution in [-0.2, 0) is 9.53 Å². The van der Waals surface area contributed by atoms with E-state index in [1.54, 1.807) is 6.92 Å². The lowest BCUT2D eigenvalue weighted by atomic mass is 10.1. The normalized spacial score (nSPS) is 12.3. The summed E-state index contributed by atoms with van der Waals surface area (Å²) in [5, 5.41) is 13.1. The minimum absolute atomic E-state index is 0.251. The van der Waals surface area contributed by atoms with Crippen LogP contribution < -0.4 is 5.32 Å². The molecule has 2 aromatic heterocycles. The molecule has 0 fully saturated rings. The average molecular weight is 379 g/mol. The minimum atomic E-state index is -0.922. The van der Waals surface area contributed by atoms with Crippen LogP contribution in [0, 0.1) is 12.8 Å². The summed E-state index contributed by atoms with van der Waals surface area (Å²) in [6.45, 7) is 8.12. The monoisotopic (exact) mass is 379 g/mol. The van der Waals surface area contributed by atoms with Gasteiger partial charge in [0.15, 0.2) is 0 Å². The molecule has 0 aliphatic heterocycles. The van der Waals surface area contributed by atoms with Gasteiger partial charge in [-0.15, -0.1) is 11.3 Å². The van der Waals surface area contributed by atoms with E-state index >= 15 is 0 Å². The zero-order chi connectivity index (χ0) is 19.3. The highest BCUT2D eigenvalue weighted by atomic mass is 32.1. The maximum absolute atomic E-state index is 12.3. The molecule has 1 unspecified atom stereocenters. The molecule has 1 atom stereocenters. The van der Waals surface area contributed by atoms with Gasteiger partial charge in [-0.3, -0.25) is 0 Å². The fourth-order valence-electron chi connectivity index (χ4n) is 2.51. The van der Waals surface area contributed by atoms with Gasteiger partial charge >= 0.3 is 11.9 Å². The van der Waals surface area contributed by atoms with E-state index in [9.17, 15) is 14.7 Å². The van der Waals surface area contributed by atoms with Gasteiger partial charge in [0.05, 0.1) is 12.0 Å². The van der Waals surface area contributed by atoms with Crippen molar-refractivity contribution in [1.82, 2.24) is 9.97 Å². The summed E-state index contributed by atoms with van der Waals surface area (Å²) in [5.74, 6) is -0.615. The number of nitrogens with zero attached hydrogens (tertiary/aromatic N) is 2. The maximum atomic E-state index is 12.3. The first kappa shape index (κ1) is 20.1. The van der Waals surface area contributed by atoms with Crippen LogP contribution in [-0.4, -0.2) is 39.7 Å². The highest BCUT2D eigenvalue weighted by Crippen LogP contribution is 2.34. The van der Waals surface area contributed by atoms with Gasteiger partial charge in [-0.05, 0) is 24.8 Å². The molecule has 142 valence electrons. The number of nitrogens with one attached hydrogen (secondary N) is 1. The molecule has 2 heterocycles. The van der Waals surface area contributed by atoms with Crippen LogP contribution in [0.3, 0.4) is 0 Å². The number of hydrogen-bond donors (Lipinski definition) is 2. The Balaban J connectivity index is 2.34. The number of thiophene rings is 1. The Hall–Kier alpha value is -2.22. The van der Waals surface area contributed by atoms with Crippen LogP contribution in [0.2, 0.25) is 0 Å². The highest BCUT2D eigenvalue weighted by Gasteiger charge is 2.23. The molecular formula is C18H25N3O4S. The molecular weight excluding hydrogens is 354 g/mol. The second-order valence-electron chi connectivity index (χ2n) is 6.63. The molecule has 26 heavy (non-hydrogen) atoms. The fourth-order valence-corrected chi connectivity index (χ4v) is 3.56. The van der Waals surface area contributed by atoms with E-state index in [-0.39, 0.29) is 11.9 Å². The number of unbranched alkanes of at least 4 members (excludes halogenated alkanes) is 1. The molecule has 7 nitrogen and oxygen atoms in total. The smallest absolute Gasteiger partial charge is 0.348 e. The van der Waals surface area contributed by atoms with E-state index in [0.29, 0.717) is 39.5 Å². The van der Waals surface area contributed by atoms with Gasteiger partial charge < -0.3 is 15.2 Å². The molecule has 0 amide bonds. The number of carboxylic acids is 1. The third kappa shape index (κ3) is 4.69. The van der Waals surface area contributed by atoms with Crippen molar-refractivity contribution in [3.8, 4) is 0 Å². The van der Waals surface area contributed by atoms with Crippen molar-refractivity contribution in [1.29, 1.82) is 0 Å². The fraction of sp³-hybridized carbons (Fsp3) is 0.556. The van der Waals surface area contributed by atoms with Gasteiger partial charge in [-0.1, -0.05) is 33.6 Å². The minimum Gasteiger partial charge on any atom is -0.480 e. The summed E-state index contributed by atoms with van der Waals surface area (Å²) in [6.07, 6.45) is 3.59. The lowest BCUT2D eigenvalue weighted by Crippen LogP contribution is -2.29. The molecule has 0 saturated carbocycles. The number of aromatic nitrogens is 2. The number of fused-ring (bicyclic) bond motifs is 1. The van der Waals surface area contributed by atoms with Crippen LogP contribution >= 0.6 is 11.3 Å². The van der Waals surface area contributed by atoms with Crippen molar-refractivity contribution in [3.63, 3.8) is 0 Å². The number of aryl methyl sites for hydroxylation is 1. The first-order valence-electron chi connectivity index (χ1n) is 8.75. The maximum Gasteiger partial charge on any atom is 0.348 e. The molecule has 0 saturated heterocycles. The van der Waals surface area contributed by atoms with Gasteiger partial charge in [-0.2, -0.15) is 0 Å². The number of rotatable bonds is 9. The van der Waals surface area contributed by atoms with Crippen molar-refractivity contribution in [2.75, 3.05) is 11.9 Å². The molecule has 2 aromatic rings. The second kappa shape index (κ2) is 8.93. The van der Waals surface area contributed by atoms with Gasteiger partial charge in [0, 0.05) is 0 Å². The summed E-state index contributed by atoms with van der Waals surface area (Å²) in [4.78, 5) is 33.4. The Morgan fingerprint density at radius 3 is 2.69 bits per heavy atom. The van der Waals surface area contributed by atoms with E-state index in [1.165, 1.54) is 17.7 Å². The molecule has 0 bridgehead atoms. The van der Waals surface area contributed by atoms with Crippen LogP contribution in [0.15, 0.2) is 6.33 Å². The van der Waals surface area contributed by atoms with E-state index in [4.69, 9.17) is 4.74 Å². The molecule has 0 aliphatic rings. The summed E-state index contributed by atoms with van der Waals surface area (Å²) < 4.78 is 5.32. The largest absolute Gasteiger partial charge is 0.480 e. The molecule has 0 aromatic carbocycles. The van der Waals surface area contributed by atoms with Gasteiger partial charge in [-0.25, -0.2) is 19.6 Å². The van der Waals surface area contributed by atoms with E-state index in [1.807, 2.05) is 20.8 Å². The molecule has 2 N–H and O–H groups in total. The summed E-state index contributed by atoms with van der Waals surface area (Å²) >= 11 is 1.24. The highest BCUT2D eigenvalue weighted by molar-refractivity contribution is 7.20. The van der Waals surface area contributed by atoms with E-state index in [2.05, 4.69) is 15.3 Å². The lowest BCUT2D eigenvalue weighted by Gasteiger charge is -2.15. The van der Waals surface area contributed by atoms with Crippen molar-refractivity contribution in [2.45, 2.75) is 53.0 Å². The SMILES string of the molecule is CCCCC(Nc1ncnc2sc(C(=O)OCC(C)C)c(C)c12)C(=O)O. The summed E-state index contributed by atoms with van der Waals surface area (Å²) in [5.41, 5.74) is 0.710. The van der Waals surface area contributed by atoms with E-state index < -0.39 is 12.0 Å². The molecule has 0 aliphatic carbocycles. The van der Waals surface area contributed by atoms with Crippen LogP contribution in [0.1, 0.15) is 55.3 Å². The predicted octanol–water partition coefficient (Wildman–Crippen LogP) is 3.87. The van der Waals surface area contributed by atoms with E-state index in [0.717, 1.165) is 12.8 Å². The van der Waals surface area contributed by atoms with Crippen molar-refractivity contribution >= 4 is 39.3 Å². The third-order valence-corrected chi connectivity index (χ3v) is 5.10. The molecule has 2 rings (SSSR count). The number of carbonyl (C=O) groups excluding carboxylic acids is 1. The summed E-state index contributed by atoms with van der Waals surface area (Å²) in [7, 11) is 0. The Labute approximate surface area is 156 Å². The number of hydrogen-bond acceptors (Lipinski definition) is 7. The predicted molar refractivity (Wildman–Crippen MR) is 102 cm³/mol. The molecule has 0 radical (unpaired) electrons. The Morgan fingerprint density at radius 1 is 1.35 bits per heavy atom. The van der Waals surface area contributed by atoms with Gasteiger partial charge in [0.25, 0.3) is 0 Å². The standard InChI is InChI=1S/C18H25N3O4S/c1-5-6-7-12(17(22)23)21-15-13-11(4)14(18(24)25-8-10(2)3)26-16(13)20-9-19-15/h9-10,12H,5-8H2,1-4H3,(H,22,23)(H,19,20,21).